The molecule has 0 spiro atoms. The minimum atomic E-state index is 0.233. The van der Waals surface area contributed by atoms with Gasteiger partial charge in [0.1, 0.15) is 5.84 Å². The topological polar surface area (TPSA) is 82.1 Å². The number of oxime groups is 1. The summed E-state index contributed by atoms with van der Waals surface area (Å²) in [4.78, 5) is 2.41. The second-order valence-corrected chi connectivity index (χ2v) is 5.10. The van der Waals surface area contributed by atoms with Gasteiger partial charge in [-0.15, -0.1) is 0 Å². The van der Waals surface area contributed by atoms with Crippen LogP contribution in [-0.4, -0.2) is 46.8 Å². The zero-order chi connectivity index (χ0) is 13.2. The van der Waals surface area contributed by atoms with E-state index in [4.69, 9.17) is 16.0 Å². The fraction of sp³-hybridized carbons (Fsp3) is 0.923. The fourth-order valence-corrected chi connectivity index (χ4v) is 2.72. The van der Waals surface area contributed by atoms with Crippen LogP contribution in [0.4, 0.5) is 0 Å². The van der Waals surface area contributed by atoms with Crippen molar-refractivity contribution >= 4 is 5.84 Å². The summed E-state index contributed by atoms with van der Waals surface area (Å²) in [5, 5.41) is 20.6. The van der Waals surface area contributed by atoms with Crippen molar-refractivity contribution in [3.05, 3.63) is 0 Å². The average molecular weight is 257 g/mol. The Kier molecular flexibility index (Phi) is 7.76. The van der Waals surface area contributed by atoms with Crippen molar-refractivity contribution in [2.45, 2.75) is 57.4 Å². The highest BCUT2D eigenvalue weighted by atomic mass is 16.4. The van der Waals surface area contributed by atoms with Gasteiger partial charge in [-0.3, -0.25) is 4.90 Å². The van der Waals surface area contributed by atoms with E-state index in [0.29, 0.717) is 18.3 Å². The van der Waals surface area contributed by atoms with Crippen LogP contribution in [0.25, 0.3) is 0 Å². The highest BCUT2D eigenvalue weighted by Gasteiger charge is 2.19. The lowest BCUT2D eigenvalue weighted by Gasteiger charge is -2.34. The number of nitrogens with two attached hydrogens (primary N) is 1. The van der Waals surface area contributed by atoms with Crippen LogP contribution < -0.4 is 5.73 Å². The summed E-state index contributed by atoms with van der Waals surface area (Å²) in [6, 6.07) is 0.648. The third kappa shape index (κ3) is 5.69. The molecule has 18 heavy (non-hydrogen) atoms. The lowest BCUT2D eigenvalue weighted by molar-refractivity contribution is 0.122. The Labute approximate surface area is 110 Å². The standard InChI is InChI=1S/C13H27N3O2/c14-13(15-18)8-4-5-9-16(10-11-17)12-6-2-1-3-7-12/h12,17-18H,1-11H2,(H2,14,15). The average Bonchev–Trinajstić information content (AvgIpc) is 2.43. The van der Waals surface area contributed by atoms with Crippen molar-refractivity contribution < 1.29 is 10.3 Å². The molecule has 0 bridgehead atoms. The van der Waals surface area contributed by atoms with E-state index in [1.165, 1.54) is 32.1 Å². The van der Waals surface area contributed by atoms with Crippen LogP contribution in [0.1, 0.15) is 51.4 Å². The van der Waals surface area contributed by atoms with Crippen molar-refractivity contribution in [2.24, 2.45) is 10.9 Å². The van der Waals surface area contributed by atoms with Crippen LogP contribution >= 0.6 is 0 Å². The van der Waals surface area contributed by atoms with E-state index in [-0.39, 0.29) is 6.61 Å². The van der Waals surface area contributed by atoms with Crippen molar-refractivity contribution in [2.75, 3.05) is 19.7 Å². The van der Waals surface area contributed by atoms with Gasteiger partial charge in [0.25, 0.3) is 0 Å². The first-order valence-corrected chi connectivity index (χ1v) is 7.09. The highest BCUT2D eigenvalue weighted by molar-refractivity contribution is 5.79. The molecule has 0 atom stereocenters. The summed E-state index contributed by atoms with van der Waals surface area (Å²) in [5.74, 6) is 0.307. The molecule has 1 rings (SSSR count). The van der Waals surface area contributed by atoms with Crippen LogP contribution in [0.3, 0.4) is 0 Å². The summed E-state index contributed by atoms with van der Waals surface area (Å²) in [6.07, 6.45) is 9.13. The second-order valence-electron chi connectivity index (χ2n) is 5.10. The number of unbranched alkanes of at least 4 members (excludes halogenated alkanes) is 1. The van der Waals surface area contributed by atoms with E-state index in [1.54, 1.807) is 0 Å². The van der Waals surface area contributed by atoms with Gasteiger partial charge in [0.05, 0.1) is 6.61 Å². The predicted molar refractivity (Wildman–Crippen MR) is 72.8 cm³/mol. The number of rotatable bonds is 8. The van der Waals surface area contributed by atoms with Crippen LogP contribution in [0.15, 0.2) is 5.16 Å². The van der Waals surface area contributed by atoms with Crippen LogP contribution in [-0.2, 0) is 0 Å². The molecule has 0 saturated heterocycles. The molecule has 5 nitrogen and oxygen atoms in total. The van der Waals surface area contributed by atoms with Gasteiger partial charge < -0.3 is 16.0 Å². The van der Waals surface area contributed by atoms with Crippen LogP contribution in [0, 0.1) is 0 Å². The third-order valence-corrected chi connectivity index (χ3v) is 3.73. The number of aliphatic hydroxyl groups excluding tert-OH is 1. The SMILES string of the molecule is NC(CCCCN(CCO)C1CCCCC1)=NO. The largest absolute Gasteiger partial charge is 0.409 e. The molecule has 1 aliphatic carbocycles. The molecule has 0 heterocycles. The molecule has 0 aliphatic heterocycles. The number of aliphatic hydroxyl groups is 1. The molecule has 1 saturated carbocycles. The summed E-state index contributed by atoms with van der Waals surface area (Å²) < 4.78 is 0. The van der Waals surface area contributed by atoms with Crippen LogP contribution in [0.5, 0.6) is 0 Å². The van der Waals surface area contributed by atoms with Crippen molar-refractivity contribution in [3.63, 3.8) is 0 Å². The van der Waals surface area contributed by atoms with E-state index >= 15 is 0 Å². The highest BCUT2D eigenvalue weighted by Crippen LogP contribution is 2.22. The molecule has 1 fully saturated rings. The summed E-state index contributed by atoms with van der Waals surface area (Å²) in [7, 11) is 0. The quantitative estimate of drug-likeness (QED) is 0.202. The second kappa shape index (κ2) is 9.16. The molecule has 4 N–H and O–H groups in total. The number of amidine groups is 1. The Balaban J connectivity index is 2.24. The minimum absolute atomic E-state index is 0.233. The first-order valence-electron chi connectivity index (χ1n) is 7.09. The molecule has 0 amide bonds. The molecule has 0 aromatic heterocycles. The molecule has 0 aromatic rings. The Morgan fingerprint density at radius 2 is 1.89 bits per heavy atom. The van der Waals surface area contributed by atoms with Gasteiger partial charge in [-0.05, 0) is 32.2 Å². The zero-order valence-corrected chi connectivity index (χ0v) is 11.2. The van der Waals surface area contributed by atoms with Crippen molar-refractivity contribution in [1.82, 2.24) is 4.90 Å². The lowest BCUT2D eigenvalue weighted by Crippen LogP contribution is -2.39. The first kappa shape index (κ1) is 15.2. The fourth-order valence-electron chi connectivity index (χ4n) is 2.72. The van der Waals surface area contributed by atoms with Gasteiger partial charge in [0, 0.05) is 19.0 Å². The van der Waals surface area contributed by atoms with E-state index in [1.807, 2.05) is 0 Å². The van der Waals surface area contributed by atoms with Gasteiger partial charge >= 0.3 is 0 Å². The van der Waals surface area contributed by atoms with Crippen LogP contribution in [0.2, 0.25) is 0 Å². The Bertz CT molecular complexity index is 240. The Morgan fingerprint density at radius 3 is 2.50 bits per heavy atom. The molecule has 1 aliphatic rings. The number of nitrogens with zero attached hydrogens (tertiary/aromatic N) is 2. The zero-order valence-electron chi connectivity index (χ0n) is 11.2. The van der Waals surface area contributed by atoms with E-state index in [9.17, 15) is 0 Å². The molecule has 5 heteroatoms. The molecule has 0 unspecified atom stereocenters. The summed E-state index contributed by atoms with van der Waals surface area (Å²) in [5.41, 5.74) is 5.44. The normalized spacial score (nSPS) is 18.4. The smallest absolute Gasteiger partial charge is 0.139 e. The Hall–Kier alpha value is -0.810. The van der Waals surface area contributed by atoms with Gasteiger partial charge in [-0.25, -0.2) is 0 Å². The maximum atomic E-state index is 9.14. The van der Waals surface area contributed by atoms with Gasteiger partial charge in [0.15, 0.2) is 0 Å². The monoisotopic (exact) mass is 257 g/mol. The summed E-state index contributed by atoms with van der Waals surface area (Å²) in [6.45, 7) is 2.01. The predicted octanol–water partition coefficient (Wildman–Crippen LogP) is 1.53. The van der Waals surface area contributed by atoms with Gasteiger partial charge in [-0.2, -0.15) is 0 Å². The maximum Gasteiger partial charge on any atom is 0.139 e. The molecular formula is C13H27N3O2. The van der Waals surface area contributed by atoms with Gasteiger partial charge in [-0.1, -0.05) is 24.4 Å². The molecule has 0 radical (unpaired) electrons. The van der Waals surface area contributed by atoms with E-state index in [2.05, 4.69) is 10.1 Å². The molecular weight excluding hydrogens is 230 g/mol. The Morgan fingerprint density at radius 1 is 1.17 bits per heavy atom. The van der Waals surface area contributed by atoms with Crippen molar-refractivity contribution in [1.29, 1.82) is 0 Å². The molecule has 0 aromatic carbocycles. The van der Waals surface area contributed by atoms with Gasteiger partial charge in [0.2, 0.25) is 0 Å². The third-order valence-electron chi connectivity index (χ3n) is 3.73. The number of hydrogen-bond acceptors (Lipinski definition) is 4. The minimum Gasteiger partial charge on any atom is -0.409 e. The van der Waals surface area contributed by atoms with E-state index < -0.39 is 0 Å². The lowest BCUT2D eigenvalue weighted by atomic mass is 9.94. The van der Waals surface area contributed by atoms with E-state index in [0.717, 1.165) is 25.9 Å². The summed E-state index contributed by atoms with van der Waals surface area (Å²) >= 11 is 0. The van der Waals surface area contributed by atoms with Crippen molar-refractivity contribution in [3.8, 4) is 0 Å². The first-order chi connectivity index (χ1) is 8.77. The maximum absolute atomic E-state index is 9.14. The number of hydrogen-bond donors (Lipinski definition) is 3. The molecule has 106 valence electrons.